The lowest BCUT2D eigenvalue weighted by molar-refractivity contribution is -0.384. The van der Waals surface area contributed by atoms with Crippen molar-refractivity contribution in [2.24, 2.45) is 0 Å². The van der Waals surface area contributed by atoms with Crippen LogP contribution in [0.15, 0.2) is 10.3 Å². The van der Waals surface area contributed by atoms with Gasteiger partial charge in [-0.15, -0.1) is 11.3 Å². The van der Waals surface area contributed by atoms with E-state index in [0.717, 1.165) is 6.07 Å². The van der Waals surface area contributed by atoms with Crippen molar-refractivity contribution in [1.29, 1.82) is 0 Å². The first kappa shape index (κ1) is 16.4. The highest BCUT2D eigenvalue weighted by Crippen LogP contribution is 2.36. The van der Waals surface area contributed by atoms with Crippen molar-refractivity contribution >= 4 is 38.6 Å². The van der Waals surface area contributed by atoms with Crippen LogP contribution in [0.4, 0.5) is 5.69 Å². The Bertz CT molecular complexity index is 578. The molecule has 0 spiro atoms. The second-order valence-corrected chi connectivity index (χ2v) is 7.92. The number of nitrogens with zero attached hydrogens (tertiary/aromatic N) is 1. The summed E-state index contributed by atoms with van der Waals surface area (Å²) in [5, 5.41) is 10.7. The van der Waals surface area contributed by atoms with Crippen LogP contribution in [0.5, 0.6) is 0 Å². The van der Waals surface area contributed by atoms with Crippen molar-refractivity contribution in [3.05, 3.63) is 20.5 Å². The minimum absolute atomic E-state index is 0.139. The smallest absolute Gasteiger partial charge is 0.258 e. The summed E-state index contributed by atoms with van der Waals surface area (Å²) in [6.45, 7) is 5.53. The Morgan fingerprint density at radius 3 is 2.37 bits per heavy atom. The van der Waals surface area contributed by atoms with Crippen molar-refractivity contribution in [2.75, 3.05) is 0 Å². The molecule has 0 saturated heterocycles. The lowest BCUT2D eigenvalue weighted by Gasteiger charge is -2.27. The summed E-state index contributed by atoms with van der Waals surface area (Å²) in [6.07, 6.45) is 1.23. The largest absolute Gasteiger partial charge is 0.300 e. The average molecular weight is 327 g/mol. The van der Waals surface area contributed by atoms with Gasteiger partial charge >= 0.3 is 0 Å². The topological polar surface area (TPSA) is 89.3 Å². The van der Waals surface area contributed by atoms with Gasteiger partial charge in [0.2, 0.25) is 0 Å². The Kier molecular flexibility index (Phi) is 4.94. The first-order valence-electron chi connectivity index (χ1n) is 5.63. The van der Waals surface area contributed by atoms with Gasteiger partial charge in [0, 0.05) is 11.6 Å². The second kappa shape index (κ2) is 5.74. The van der Waals surface area contributed by atoms with Crippen molar-refractivity contribution < 1.29 is 13.3 Å². The predicted molar refractivity (Wildman–Crippen MR) is 75.3 cm³/mol. The van der Waals surface area contributed by atoms with Crippen LogP contribution >= 0.6 is 22.9 Å². The number of nitro groups is 1. The van der Waals surface area contributed by atoms with E-state index in [0.29, 0.717) is 24.2 Å². The normalized spacial score (nSPS) is 12.6. The molecule has 6 nitrogen and oxygen atoms in total. The highest BCUT2D eigenvalue weighted by atomic mass is 35.5. The Morgan fingerprint density at radius 2 is 2.00 bits per heavy atom. The average Bonchev–Trinajstić information content (AvgIpc) is 2.71. The van der Waals surface area contributed by atoms with Crippen molar-refractivity contribution in [3.63, 3.8) is 0 Å². The molecule has 0 fully saturated rings. The molecule has 1 N–H and O–H groups in total. The Hall–Kier alpha value is -0.700. The van der Waals surface area contributed by atoms with E-state index in [-0.39, 0.29) is 14.2 Å². The highest BCUT2D eigenvalue weighted by Gasteiger charge is 2.31. The molecule has 0 amide bonds. The molecule has 0 bridgehead atoms. The van der Waals surface area contributed by atoms with Gasteiger partial charge in [0.05, 0.1) is 4.92 Å². The fourth-order valence-corrected chi connectivity index (χ4v) is 4.58. The summed E-state index contributed by atoms with van der Waals surface area (Å²) < 4.78 is 26.6. The molecular formula is C10H15ClN2O4S2. The van der Waals surface area contributed by atoms with Crippen molar-refractivity contribution in [3.8, 4) is 0 Å². The van der Waals surface area contributed by atoms with Gasteiger partial charge in [0.25, 0.3) is 15.7 Å². The van der Waals surface area contributed by atoms with Crippen LogP contribution in [-0.2, 0) is 10.0 Å². The Balaban J connectivity index is 3.15. The zero-order valence-electron chi connectivity index (χ0n) is 10.8. The summed E-state index contributed by atoms with van der Waals surface area (Å²) in [5.74, 6) is 0. The molecule has 0 saturated carbocycles. The number of rotatable bonds is 6. The van der Waals surface area contributed by atoms with E-state index in [2.05, 4.69) is 4.72 Å². The van der Waals surface area contributed by atoms with Crippen LogP contribution in [0.1, 0.15) is 33.6 Å². The van der Waals surface area contributed by atoms with Crippen LogP contribution < -0.4 is 4.72 Å². The number of hydrogen-bond donors (Lipinski definition) is 1. The molecule has 1 rings (SSSR count). The molecule has 0 aliphatic rings. The van der Waals surface area contributed by atoms with Crippen LogP contribution in [0.2, 0.25) is 4.34 Å². The Labute approximate surface area is 121 Å². The third-order valence-electron chi connectivity index (χ3n) is 3.05. The molecule has 0 atom stereocenters. The molecule has 1 heterocycles. The number of sulfonamides is 1. The number of nitrogens with one attached hydrogen (secondary N) is 1. The van der Waals surface area contributed by atoms with Gasteiger partial charge in [-0.2, -0.15) is 0 Å². The zero-order valence-corrected chi connectivity index (χ0v) is 13.2. The van der Waals surface area contributed by atoms with Crippen LogP contribution in [0, 0.1) is 10.1 Å². The van der Waals surface area contributed by atoms with E-state index in [4.69, 9.17) is 11.6 Å². The van der Waals surface area contributed by atoms with Gasteiger partial charge < -0.3 is 0 Å². The summed E-state index contributed by atoms with van der Waals surface area (Å²) in [7, 11) is -3.80. The van der Waals surface area contributed by atoms with Crippen LogP contribution in [0.25, 0.3) is 0 Å². The monoisotopic (exact) mass is 326 g/mol. The van der Waals surface area contributed by atoms with E-state index < -0.39 is 20.5 Å². The standard InChI is InChI=1S/C10H15ClN2O4S2/c1-4-10(3,5-2)12-19(16,17)8-6-7(13(14)15)9(11)18-8/h6,12H,4-5H2,1-3H3. The van der Waals surface area contributed by atoms with Crippen LogP contribution in [0.3, 0.4) is 0 Å². The van der Waals surface area contributed by atoms with E-state index in [9.17, 15) is 18.5 Å². The molecule has 9 heteroatoms. The van der Waals surface area contributed by atoms with E-state index in [1.54, 1.807) is 6.92 Å². The van der Waals surface area contributed by atoms with E-state index in [1.807, 2.05) is 13.8 Å². The maximum atomic E-state index is 12.2. The van der Waals surface area contributed by atoms with E-state index in [1.165, 1.54) is 0 Å². The van der Waals surface area contributed by atoms with Crippen molar-refractivity contribution in [1.82, 2.24) is 4.72 Å². The maximum absolute atomic E-state index is 12.2. The van der Waals surface area contributed by atoms with Gasteiger partial charge in [0.15, 0.2) is 4.34 Å². The quantitative estimate of drug-likeness (QED) is 0.642. The molecule has 0 aliphatic carbocycles. The van der Waals surface area contributed by atoms with Gasteiger partial charge in [0.1, 0.15) is 4.21 Å². The first-order chi connectivity index (χ1) is 8.65. The third kappa shape index (κ3) is 3.65. The summed E-state index contributed by atoms with van der Waals surface area (Å²) >= 11 is 6.35. The molecule has 19 heavy (non-hydrogen) atoms. The zero-order chi connectivity index (χ0) is 14.8. The number of thiophene rings is 1. The summed E-state index contributed by atoms with van der Waals surface area (Å²) in [6, 6.07) is 0.987. The molecule has 0 aliphatic heterocycles. The molecule has 1 aromatic heterocycles. The summed E-state index contributed by atoms with van der Waals surface area (Å²) in [5.41, 5.74) is -0.967. The molecular weight excluding hydrogens is 312 g/mol. The van der Waals surface area contributed by atoms with Gasteiger partial charge in [-0.25, -0.2) is 13.1 Å². The minimum Gasteiger partial charge on any atom is -0.258 e. The fraction of sp³-hybridized carbons (Fsp3) is 0.600. The lowest BCUT2D eigenvalue weighted by atomic mass is 9.98. The fourth-order valence-electron chi connectivity index (χ4n) is 1.36. The number of halogens is 1. The predicted octanol–water partition coefficient (Wildman–Crippen LogP) is 3.17. The molecule has 0 radical (unpaired) electrons. The van der Waals surface area contributed by atoms with E-state index >= 15 is 0 Å². The number of hydrogen-bond acceptors (Lipinski definition) is 5. The lowest BCUT2D eigenvalue weighted by Crippen LogP contribution is -2.44. The SMILES string of the molecule is CCC(C)(CC)NS(=O)(=O)c1cc([N+](=O)[O-])c(Cl)s1. The summed E-state index contributed by atoms with van der Waals surface area (Å²) in [4.78, 5) is 9.97. The second-order valence-electron chi connectivity index (χ2n) is 4.35. The van der Waals surface area contributed by atoms with Gasteiger partial charge in [-0.1, -0.05) is 25.4 Å². The maximum Gasteiger partial charge on any atom is 0.300 e. The Morgan fingerprint density at radius 1 is 1.47 bits per heavy atom. The molecule has 108 valence electrons. The third-order valence-corrected chi connectivity index (χ3v) is 6.50. The van der Waals surface area contributed by atoms with Crippen LogP contribution in [-0.4, -0.2) is 18.9 Å². The first-order valence-corrected chi connectivity index (χ1v) is 8.30. The molecule has 0 aromatic carbocycles. The molecule has 1 aromatic rings. The molecule has 0 unspecified atom stereocenters. The van der Waals surface area contributed by atoms with Gasteiger partial charge in [-0.3, -0.25) is 10.1 Å². The van der Waals surface area contributed by atoms with Gasteiger partial charge in [-0.05, 0) is 19.8 Å². The minimum atomic E-state index is -3.80. The highest BCUT2D eigenvalue weighted by molar-refractivity contribution is 7.91. The van der Waals surface area contributed by atoms with Crippen molar-refractivity contribution in [2.45, 2.75) is 43.4 Å².